The molecule has 0 unspecified atom stereocenters. The van der Waals surface area contributed by atoms with Crippen LogP contribution in [0.4, 0.5) is 16.3 Å². The number of ether oxygens (including phenoxy) is 1. The lowest BCUT2D eigenvalue weighted by molar-refractivity contribution is -0.385. The molecule has 2 heterocycles. The molecule has 0 bridgehead atoms. The Morgan fingerprint density at radius 1 is 1.18 bits per heavy atom. The number of carbonyl (C=O) groups is 1. The van der Waals surface area contributed by atoms with E-state index >= 15 is 0 Å². The molecule has 0 fully saturated rings. The van der Waals surface area contributed by atoms with Gasteiger partial charge in [-0.2, -0.15) is 0 Å². The molecule has 0 saturated heterocycles. The summed E-state index contributed by atoms with van der Waals surface area (Å²) in [5.41, 5.74) is 0.252. The number of amides is 1. The van der Waals surface area contributed by atoms with Gasteiger partial charge in [-0.25, -0.2) is 19.7 Å². The molecule has 2 aromatic heterocycles. The van der Waals surface area contributed by atoms with E-state index < -0.39 is 16.6 Å². The highest BCUT2D eigenvalue weighted by Gasteiger charge is 2.33. The molecule has 2 rings (SSSR count). The summed E-state index contributed by atoms with van der Waals surface area (Å²) in [6, 6.07) is 3.29. The van der Waals surface area contributed by atoms with E-state index in [9.17, 15) is 14.9 Å². The molecular weight excluding hydrogens is 386 g/mol. The van der Waals surface area contributed by atoms with Crippen LogP contribution >= 0.6 is 11.6 Å². The fourth-order valence-electron chi connectivity index (χ4n) is 2.53. The van der Waals surface area contributed by atoms with E-state index in [2.05, 4.69) is 15.0 Å². The molecule has 0 radical (unpaired) electrons. The number of pyridine rings is 1. The second-order valence-corrected chi connectivity index (χ2v) is 7.62. The van der Waals surface area contributed by atoms with Crippen molar-refractivity contribution in [1.29, 1.82) is 0 Å². The lowest BCUT2D eigenvalue weighted by atomic mass is 10.2. The van der Waals surface area contributed by atoms with Crippen molar-refractivity contribution < 1.29 is 14.5 Å². The van der Waals surface area contributed by atoms with E-state index in [-0.39, 0.29) is 23.7 Å². The first-order valence-corrected chi connectivity index (χ1v) is 8.89. The summed E-state index contributed by atoms with van der Waals surface area (Å²) in [5.74, 6) is 0.177. The highest BCUT2D eigenvalue weighted by atomic mass is 35.5. The van der Waals surface area contributed by atoms with Gasteiger partial charge >= 0.3 is 11.8 Å². The summed E-state index contributed by atoms with van der Waals surface area (Å²) in [6.45, 7) is 9.94. The molecular formula is C18H22ClN5O4. The number of aryl methyl sites for hydroxylation is 3. The largest absolute Gasteiger partial charge is 0.443 e. The molecule has 0 aliphatic heterocycles. The lowest BCUT2D eigenvalue weighted by Gasteiger charge is -2.27. The van der Waals surface area contributed by atoms with Crippen LogP contribution in [-0.2, 0) is 11.3 Å². The maximum absolute atomic E-state index is 12.9. The minimum absolute atomic E-state index is 0.0261. The van der Waals surface area contributed by atoms with Gasteiger partial charge in [0.25, 0.3) is 0 Å². The molecule has 150 valence electrons. The zero-order valence-corrected chi connectivity index (χ0v) is 17.4. The van der Waals surface area contributed by atoms with Crippen LogP contribution in [0.15, 0.2) is 12.1 Å². The highest BCUT2D eigenvalue weighted by Crippen LogP contribution is 2.31. The predicted molar refractivity (Wildman–Crippen MR) is 105 cm³/mol. The average molecular weight is 408 g/mol. The Hall–Kier alpha value is -2.81. The van der Waals surface area contributed by atoms with Gasteiger partial charge in [0, 0.05) is 5.69 Å². The van der Waals surface area contributed by atoms with Gasteiger partial charge in [0.15, 0.2) is 0 Å². The number of nitro groups is 1. The molecule has 1 amide bonds. The van der Waals surface area contributed by atoms with Crippen molar-refractivity contribution in [2.45, 2.75) is 53.7 Å². The number of aromatic nitrogens is 3. The minimum Gasteiger partial charge on any atom is -0.443 e. The number of nitrogens with zero attached hydrogens (tertiary/aromatic N) is 5. The first-order chi connectivity index (χ1) is 12.9. The molecule has 9 nitrogen and oxygen atoms in total. The van der Waals surface area contributed by atoms with Crippen molar-refractivity contribution in [3.63, 3.8) is 0 Å². The number of rotatable bonds is 4. The average Bonchev–Trinajstić information content (AvgIpc) is 2.51. The van der Waals surface area contributed by atoms with Gasteiger partial charge in [-0.15, -0.1) is 0 Å². The van der Waals surface area contributed by atoms with E-state index in [0.29, 0.717) is 22.2 Å². The number of hydrogen-bond donors (Lipinski definition) is 0. The topological polar surface area (TPSA) is 111 Å². The zero-order chi connectivity index (χ0) is 21.2. The van der Waals surface area contributed by atoms with Gasteiger partial charge in [0.2, 0.25) is 5.82 Å². The third kappa shape index (κ3) is 5.13. The monoisotopic (exact) mass is 407 g/mol. The fourth-order valence-corrected chi connectivity index (χ4v) is 2.72. The van der Waals surface area contributed by atoms with E-state index in [1.54, 1.807) is 46.8 Å². The Morgan fingerprint density at radius 3 is 2.36 bits per heavy atom. The molecule has 10 heteroatoms. The third-order valence-electron chi connectivity index (χ3n) is 3.69. The molecule has 28 heavy (non-hydrogen) atoms. The standard InChI is InChI=1S/C18H22ClN5O4/c1-10-13(7-8-14(19)21-10)9-23(17(25)28-18(4,5)6)16-15(24(26)27)11(2)20-12(3)22-16/h7-8H,9H2,1-6H3. The quantitative estimate of drug-likeness (QED) is 0.422. The van der Waals surface area contributed by atoms with Gasteiger partial charge in [0.1, 0.15) is 22.3 Å². The van der Waals surface area contributed by atoms with Crippen LogP contribution in [0, 0.1) is 30.9 Å². The number of anilines is 1. The Morgan fingerprint density at radius 2 is 1.82 bits per heavy atom. The number of hydrogen-bond acceptors (Lipinski definition) is 7. The van der Waals surface area contributed by atoms with Crippen molar-refractivity contribution >= 4 is 29.2 Å². The first-order valence-electron chi connectivity index (χ1n) is 8.51. The van der Waals surface area contributed by atoms with Crippen molar-refractivity contribution in [3.05, 3.63) is 50.2 Å². The van der Waals surface area contributed by atoms with Gasteiger partial charge in [-0.1, -0.05) is 17.7 Å². The Bertz CT molecular complexity index is 927. The molecule has 0 saturated carbocycles. The summed E-state index contributed by atoms with van der Waals surface area (Å²) in [6.07, 6.45) is -0.762. The van der Waals surface area contributed by atoms with Crippen LogP contribution in [0.3, 0.4) is 0 Å². The van der Waals surface area contributed by atoms with E-state index in [4.69, 9.17) is 16.3 Å². The second kappa shape index (κ2) is 8.05. The second-order valence-electron chi connectivity index (χ2n) is 7.23. The Balaban J connectivity index is 2.62. The predicted octanol–water partition coefficient (Wildman–Crippen LogP) is 4.30. The Labute approximate surface area is 167 Å². The first kappa shape index (κ1) is 21.5. The van der Waals surface area contributed by atoms with Gasteiger partial charge in [-0.05, 0) is 53.2 Å². The van der Waals surface area contributed by atoms with Crippen LogP contribution in [0.2, 0.25) is 5.15 Å². The summed E-state index contributed by atoms with van der Waals surface area (Å²) < 4.78 is 5.46. The Kier molecular flexibility index (Phi) is 6.18. The summed E-state index contributed by atoms with van der Waals surface area (Å²) >= 11 is 5.90. The molecule has 2 aromatic rings. The van der Waals surface area contributed by atoms with Gasteiger partial charge in [-0.3, -0.25) is 15.0 Å². The SMILES string of the molecule is Cc1nc(C)c([N+](=O)[O-])c(N(Cc2ccc(Cl)nc2C)C(=O)OC(C)(C)C)n1. The van der Waals surface area contributed by atoms with Crippen molar-refractivity contribution in [1.82, 2.24) is 15.0 Å². The maximum Gasteiger partial charge on any atom is 0.416 e. The third-order valence-corrected chi connectivity index (χ3v) is 3.90. The molecule has 0 spiro atoms. The zero-order valence-electron chi connectivity index (χ0n) is 16.6. The van der Waals surface area contributed by atoms with E-state index in [0.717, 1.165) is 4.90 Å². The normalized spacial score (nSPS) is 11.2. The van der Waals surface area contributed by atoms with Crippen LogP contribution < -0.4 is 4.90 Å². The smallest absolute Gasteiger partial charge is 0.416 e. The summed E-state index contributed by atoms with van der Waals surface area (Å²) in [7, 11) is 0. The van der Waals surface area contributed by atoms with Crippen molar-refractivity contribution in [2.75, 3.05) is 4.90 Å². The molecule has 0 aromatic carbocycles. The lowest BCUT2D eigenvalue weighted by Crippen LogP contribution is -2.37. The molecule has 0 aliphatic rings. The maximum atomic E-state index is 12.9. The van der Waals surface area contributed by atoms with Crippen LogP contribution in [0.1, 0.15) is 43.5 Å². The molecule has 0 aliphatic carbocycles. The number of halogens is 1. The van der Waals surface area contributed by atoms with Crippen LogP contribution in [-0.4, -0.2) is 31.6 Å². The minimum atomic E-state index is -0.797. The highest BCUT2D eigenvalue weighted by molar-refractivity contribution is 6.29. The van der Waals surface area contributed by atoms with Crippen molar-refractivity contribution in [3.8, 4) is 0 Å². The van der Waals surface area contributed by atoms with E-state index in [1.807, 2.05) is 0 Å². The molecule has 0 atom stereocenters. The van der Waals surface area contributed by atoms with Gasteiger partial charge in [0.05, 0.1) is 11.5 Å². The van der Waals surface area contributed by atoms with Crippen LogP contribution in [0.5, 0.6) is 0 Å². The van der Waals surface area contributed by atoms with Crippen molar-refractivity contribution in [2.24, 2.45) is 0 Å². The molecule has 0 N–H and O–H groups in total. The summed E-state index contributed by atoms with van der Waals surface area (Å²) in [5, 5.41) is 12.0. The van der Waals surface area contributed by atoms with E-state index in [1.165, 1.54) is 6.92 Å². The van der Waals surface area contributed by atoms with Gasteiger partial charge < -0.3 is 4.74 Å². The number of carbonyl (C=O) groups excluding carboxylic acids is 1. The summed E-state index contributed by atoms with van der Waals surface area (Å²) in [4.78, 5) is 37.5. The fraction of sp³-hybridized carbons (Fsp3) is 0.444. The van der Waals surface area contributed by atoms with Crippen LogP contribution in [0.25, 0.3) is 0 Å².